The van der Waals surface area contributed by atoms with Crippen LogP contribution in [-0.2, 0) is 11.2 Å². The zero-order valence-electron chi connectivity index (χ0n) is 12.8. The van der Waals surface area contributed by atoms with Crippen molar-refractivity contribution in [3.8, 4) is 5.75 Å². The molecule has 0 amide bonds. The molecule has 1 aromatic carbocycles. The van der Waals surface area contributed by atoms with Gasteiger partial charge in [0.05, 0.1) is 18.8 Å². The molecular weight excluding hydrogens is 252 g/mol. The van der Waals surface area contributed by atoms with E-state index in [0.717, 1.165) is 37.9 Å². The van der Waals surface area contributed by atoms with Gasteiger partial charge in [-0.1, -0.05) is 18.2 Å². The van der Waals surface area contributed by atoms with Gasteiger partial charge in [-0.05, 0) is 56.6 Å². The van der Waals surface area contributed by atoms with E-state index in [2.05, 4.69) is 6.07 Å². The van der Waals surface area contributed by atoms with Crippen molar-refractivity contribution in [1.29, 1.82) is 0 Å². The van der Waals surface area contributed by atoms with Crippen LogP contribution in [0, 0.1) is 5.92 Å². The molecule has 3 atom stereocenters. The highest BCUT2D eigenvalue weighted by Crippen LogP contribution is 2.38. The minimum absolute atomic E-state index is 0.283. The molecule has 112 valence electrons. The summed E-state index contributed by atoms with van der Waals surface area (Å²) >= 11 is 0. The van der Waals surface area contributed by atoms with Gasteiger partial charge < -0.3 is 14.6 Å². The van der Waals surface area contributed by atoms with Crippen molar-refractivity contribution in [1.82, 2.24) is 0 Å². The van der Waals surface area contributed by atoms with Crippen LogP contribution >= 0.6 is 0 Å². The molecule has 0 aromatic heterocycles. The van der Waals surface area contributed by atoms with Crippen molar-refractivity contribution in [3.63, 3.8) is 0 Å². The lowest BCUT2D eigenvalue weighted by Crippen LogP contribution is -2.42. The number of hydrogen-bond donors (Lipinski definition) is 1. The maximum atomic E-state index is 10.6. The van der Waals surface area contributed by atoms with Gasteiger partial charge in [-0.25, -0.2) is 0 Å². The fraction of sp³-hybridized carbons (Fsp3) is 0.647. The van der Waals surface area contributed by atoms with Crippen molar-refractivity contribution < 1.29 is 14.6 Å². The van der Waals surface area contributed by atoms with Crippen LogP contribution < -0.4 is 4.74 Å². The van der Waals surface area contributed by atoms with Crippen LogP contribution in [0.3, 0.4) is 0 Å². The van der Waals surface area contributed by atoms with E-state index >= 15 is 0 Å². The SMILES string of the molecule is COc1ccccc1CCC1CC(OC)CCC1(C)O. The molecule has 0 bridgehead atoms. The number of hydrogen-bond acceptors (Lipinski definition) is 3. The van der Waals surface area contributed by atoms with Gasteiger partial charge in [-0.15, -0.1) is 0 Å². The summed E-state index contributed by atoms with van der Waals surface area (Å²) < 4.78 is 10.9. The predicted molar refractivity (Wildman–Crippen MR) is 80.1 cm³/mol. The second kappa shape index (κ2) is 6.59. The number of para-hydroxylation sites is 1. The Hall–Kier alpha value is -1.06. The minimum Gasteiger partial charge on any atom is -0.496 e. The first-order valence-electron chi connectivity index (χ1n) is 7.44. The number of ether oxygens (including phenoxy) is 2. The Labute approximate surface area is 121 Å². The lowest BCUT2D eigenvalue weighted by Gasteiger charge is -2.40. The first kappa shape index (κ1) is 15.3. The Morgan fingerprint density at radius 3 is 2.75 bits per heavy atom. The molecule has 0 radical (unpaired) electrons. The molecule has 3 heteroatoms. The number of benzene rings is 1. The van der Waals surface area contributed by atoms with E-state index in [1.807, 2.05) is 25.1 Å². The van der Waals surface area contributed by atoms with Gasteiger partial charge in [-0.2, -0.15) is 0 Å². The van der Waals surface area contributed by atoms with Crippen molar-refractivity contribution >= 4 is 0 Å². The molecule has 3 nitrogen and oxygen atoms in total. The second-order valence-corrected chi connectivity index (χ2v) is 6.04. The van der Waals surface area contributed by atoms with Gasteiger partial charge in [-0.3, -0.25) is 0 Å². The Balaban J connectivity index is 2.00. The summed E-state index contributed by atoms with van der Waals surface area (Å²) in [7, 11) is 3.47. The Morgan fingerprint density at radius 2 is 2.05 bits per heavy atom. The standard InChI is InChI=1S/C17H26O3/c1-17(18)11-10-15(19-2)12-14(17)9-8-13-6-4-5-7-16(13)20-3/h4-7,14-15,18H,8-12H2,1-3H3. The third-order valence-corrected chi connectivity index (χ3v) is 4.69. The topological polar surface area (TPSA) is 38.7 Å². The summed E-state index contributed by atoms with van der Waals surface area (Å²) in [6.07, 6.45) is 4.90. The molecule has 1 fully saturated rings. The highest BCUT2D eigenvalue weighted by molar-refractivity contribution is 5.33. The van der Waals surface area contributed by atoms with E-state index in [1.54, 1.807) is 14.2 Å². The van der Waals surface area contributed by atoms with Crippen LogP contribution in [0.2, 0.25) is 0 Å². The van der Waals surface area contributed by atoms with Crippen LogP contribution in [-0.4, -0.2) is 31.0 Å². The fourth-order valence-electron chi connectivity index (χ4n) is 3.23. The van der Waals surface area contributed by atoms with E-state index in [-0.39, 0.29) is 12.0 Å². The first-order valence-corrected chi connectivity index (χ1v) is 7.44. The maximum absolute atomic E-state index is 10.6. The minimum atomic E-state index is -0.572. The van der Waals surface area contributed by atoms with Gasteiger partial charge in [0.1, 0.15) is 5.75 Å². The lowest BCUT2D eigenvalue weighted by atomic mass is 9.73. The number of methoxy groups -OCH3 is 2. The van der Waals surface area contributed by atoms with Crippen LogP contribution in [0.4, 0.5) is 0 Å². The normalized spacial score (nSPS) is 30.2. The zero-order valence-corrected chi connectivity index (χ0v) is 12.8. The van der Waals surface area contributed by atoms with Crippen molar-refractivity contribution in [2.75, 3.05) is 14.2 Å². The molecule has 0 aliphatic heterocycles. The highest BCUT2D eigenvalue weighted by atomic mass is 16.5. The molecule has 2 rings (SSSR count). The molecule has 3 unspecified atom stereocenters. The Kier molecular flexibility index (Phi) is 5.06. The van der Waals surface area contributed by atoms with E-state index in [1.165, 1.54) is 5.56 Å². The van der Waals surface area contributed by atoms with Crippen molar-refractivity contribution in [2.45, 2.75) is 50.7 Å². The summed E-state index contributed by atoms with van der Waals surface area (Å²) in [5.41, 5.74) is 0.641. The molecule has 1 aromatic rings. The summed E-state index contributed by atoms with van der Waals surface area (Å²) in [5.74, 6) is 1.22. The first-order chi connectivity index (χ1) is 9.56. The van der Waals surface area contributed by atoms with Gasteiger partial charge in [0, 0.05) is 7.11 Å². The van der Waals surface area contributed by atoms with Crippen LogP contribution in [0.25, 0.3) is 0 Å². The summed E-state index contributed by atoms with van der Waals surface area (Å²) in [4.78, 5) is 0. The molecule has 0 saturated heterocycles. The predicted octanol–water partition coefficient (Wildman–Crippen LogP) is 3.19. The summed E-state index contributed by atoms with van der Waals surface area (Å²) in [6.45, 7) is 1.96. The Morgan fingerprint density at radius 1 is 1.30 bits per heavy atom. The molecule has 1 saturated carbocycles. The van der Waals surface area contributed by atoms with Crippen LogP contribution in [0.1, 0.15) is 38.2 Å². The number of aryl methyl sites for hydroxylation is 1. The molecule has 0 spiro atoms. The molecule has 0 heterocycles. The van der Waals surface area contributed by atoms with Gasteiger partial charge in [0.15, 0.2) is 0 Å². The van der Waals surface area contributed by atoms with Crippen molar-refractivity contribution in [2.24, 2.45) is 5.92 Å². The molecule has 1 aliphatic rings. The maximum Gasteiger partial charge on any atom is 0.122 e. The average molecular weight is 278 g/mol. The Bertz CT molecular complexity index is 428. The monoisotopic (exact) mass is 278 g/mol. The number of aliphatic hydroxyl groups is 1. The van der Waals surface area contributed by atoms with E-state index in [4.69, 9.17) is 9.47 Å². The quantitative estimate of drug-likeness (QED) is 0.899. The van der Waals surface area contributed by atoms with E-state index < -0.39 is 5.60 Å². The van der Waals surface area contributed by atoms with Crippen molar-refractivity contribution in [3.05, 3.63) is 29.8 Å². The zero-order chi connectivity index (χ0) is 14.6. The fourth-order valence-corrected chi connectivity index (χ4v) is 3.23. The highest BCUT2D eigenvalue weighted by Gasteiger charge is 2.38. The largest absolute Gasteiger partial charge is 0.496 e. The summed E-state index contributed by atoms with van der Waals surface area (Å²) in [6, 6.07) is 8.12. The van der Waals surface area contributed by atoms with Crippen LogP contribution in [0.5, 0.6) is 5.75 Å². The molecule has 1 aliphatic carbocycles. The van der Waals surface area contributed by atoms with Crippen LogP contribution in [0.15, 0.2) is 24.3 Å². The molecule has 1 N–H and O–H groups in total. The third kappa shape index (κ3) is 3.53. The average Bonchev–Trinajstić information content (AvgIpc) is 2.46. The van der Waals surface area contributed by atoms with Gasteiger partial charge >= 0.3 is 0 Å². The van der Waals surface area contributed by atoms with E-state index in [0.29, 0.717) is 0 Å². The molecular formula is C17H26O3. The third-order valence-electron chi connectivity index (χ3n) is 4.69. The van der Waals surface area contributed by atoms with Gasteiger partial charge in [0.2, 0.25) is 0 Å². The van der Waals surface area contributed by atoms with E-state index in [9.17, 15) is 5.11 Å². The molecule has 20 heavy (non-hydrogen) atoms. The van der Waals surface area contributed by atoms with Gasteiger partial charge in [0.25, 0.3) is 0 Å². The smallest absolute Gasteiger partial charge is 0.122 e. The lowest BCUT2D eigenvalue weighted by molar-refractivity contribution is -0.0790. The number of rotatable bonds is 5. The second-order valence-electron chi connectivity index (χ2n) is 6.04. The summed E-state index contributed by atoms with van der Waals surface area (Å²) in [5, 5.41) is 10.6.